The molecular formula is C12H22N2O5. The molecule has 110 valence electrons. The first kappa shape index (κ1) is 15.7. The number of morpholine rings is 1. The van der Waals surface area contributed by atoms with E-state index in [0.717, 1.165) is 0 Å². The van der Waals surface area contributed by atoms with Crippen LogP contribution < -0.4 is 5.32 Å². The molecule has 7 nitrogen and oxygen atoms in total. The van der Waals surface area contributed by atoms with Gasteiger partial charge in [-0.2, -0.15) is 0 Å². The monoisotopic (exact) mass is 274 g/mol. The van der Waals surface area contributed by atoms with Crippen LogP contribution in [-0.4, -0.2) is 65.1 Å². The number of carboxylic acid groups (broad SMARTS) is 1. The van der Waals surface area contributed by atoms with Crippen LogP contribution in [0.2, 0.25) is 0 Å². The Balaban J connectivity index is 2.67. The summed E-state index contributed by atoms with van der Waals surface area (Å²) in [6.07, 6.45) is -0.413. The predicted molar refractivity (Wildman–Crippen MR) is 67.8 cm³/mol. The second kappa shape index (κ2) is 6.72. The lowest BCUT2D eigenvalue weighted by Crippen LogP contribution is -2.58. The zero-order chi connectivity index (χ0) is 14.6. The van der Waals surface area contributed by atoms with Gasteiger partial charge in [-0.1, -0.05) is 13.8 Å². The zero-order valence-electron chi connectivity index (χ0n) is 11.5. The van der Waals surface area contributed by atoms with Crippen molar-refractivity contribution in [2.75, 3.05) is 19.8 Å². The molecule has 0 aliphatic carbocycles. The third kappa shape index (κ3) is 4.07. The number of nitrogens with one attached hydrogen (secondary N) is 1. The maximum absolute atomic E-state index is 12.1. The van der Waals surface area contributed by atoms with Crippen LogP contribution in [0.15, 0.2) is 0 Å². The van der Waals surface area contributed by atoms with E-state index < -0.39 is 24.1 Å². The van der Waals surface area contributed by atoms with E-state index in [9.17, 15) is 9.59 Å². The predicted octanol–water partition coefficient (Wildman–Crippen LogP) is -0.113. The quantitative estimate of drug-likeness (QED) is 0.664. The molecule has 2 unspecified atom stereocenters. The van der Waals surface area contributed by atoms with E-state index in [4.69, 9.17) is 14.9 Å². The van der Waals surface area contributed by atoms with Crippen LogP contribution in [0, 0.1) is 5.92 Å². The number of hydrogen-bond acceptors (Lipinski definition) is 4. The Hall–Kier alpha value is -1.34. The van der Waals surface area contributed by atoms with Gasteiger partial charge in [-0.05, 0) is 12.8 Å². The Labute approximate surface area is 112 Å². The van der Waals surface area contributed by atoms with Crippen LogP contribution in [-0.2, 0) is 9.53 Å². The average Bonchev–Trinajstić information content (AvgIpc) is 2.35. The third-order valence-electron chi connectivity index (χ3n) is 3.18. The van der Waals surface area contributed by atoms with Crippen molar-refractivity contribution < 1.29 is 24.5 Å². The molecule has 1 rings (SSSR count). The highest BCUT2D eigenvalue weighted by molar-refractivity contribution is 5.83. The average molecular weight is 274 g/mol. The van der Waals surface area contributed by atoms with Crippen molar-refractivity contribution in [3.8, 4) is 0 Å². The molecule has 1 aliphatic rings. The summed E-state index contributed by atoms with van der Waals surface area (Å²) in [5, 5.41) is 20.6. The van der Waals surface area contributed by atoms with Gasteiger partial charge in [-0.3, -0.25) is 0 Å². The van der Waals surface area contributed by atoms with Crippen LogP contribution in [0.4, 0.5) is 4.79 Å². The fraction of sp³-hybridized carbons (Fsp3) is 0.833. The second-order valence-electron chi connectivity index (χ2n) is 5.15. The van der Waals surface area contributed by atoms with Crippen molar-refractivity contribution in [3.05, 3.63) is 0 Å². The molecular weight excluding hydrogens is 252 g/mol. The highest BCUT2D eigenvalue weighted by Gasteiger charge is 2.32. The molecule has 3 atom stereocenters. The minimum absolute atomic E-state index is 0.149. The van der Waals surface area contributed by atoms with Crippen LogP contribution in [0.1, 0.15) is 20.8 Å². The van der Waals surface area contributed by atoms with Crippen molar-refractivity contribution in [1.82, 2.24) is 10.2 Å². The van der Waals surface area contributed by atoms with E-state index in [1.54, 1.807) is 13.8 Å². The topological polar surface area (TPSA) is 99.1 Å². The van der Waals surface area contributed by atoms with Crippen molar-refractivity contribution in [3.63, 3.8) is 0 Å². The number of rotatable bonds is 4. The molecule has 0 aromatic heterocycles. The number of nitrogens with zero attached hydrogens (tertiary/aromatic N) is 1. The molecule has 1 heterocycles. The van der Waals surface area contributed by atoms with Crippen molar-refractivity contribution >= 4 is 12.0 Å². The molecule has 0 saturated carbocycles. The molecule has 7 heteroatoms. The van der Waals surface area contributed by atoms with Gasteiger partial charge in [0.1, 0.15) is 6.04 Å². The number of amides is 2. The lowest BCUT2D eigenvalue weighted by atomic mass is 10.1. The van der Waals surface area contributed by atoms with Crippen molar-refractivity contribution in [2.45, 2.75) is 39.0 Å². The summed E-state index contributed by atoms with van der Waals surface area (Å²) in [5.41, 5.74) is 0. The third-order valence-corrected chi connectivity index (χ3v) is 3.18. The molecule has 1 saturated heterocycles. The van der Waals surface area contributed by atoms with Gasteiger partial charge in [0.05, 0.1) is 31.9 Å². The van der Waals surface area contributed by atoms with Crippen LogP contribution in [0.3, 0.4) is 0 Å². The second-order valence-corrected chi connectivity index (χ2v) is 5.15. The number of urea groups is 1. The van der Waals surface area contributed by atoms with E-state index in [1.807, 2.05) is 6.92 Å². The molecule has 0 aromatic carbocycles. The number of ether oxygens (including phenoxy) is 1. The normalized spacial score (nSPS) is 25.2. The minimum Gasteiger partial charge on any atom is -0.480 e. The summed E-state index contributed by atoms with van der Waals surface area (Å²) in [6, 6.07) is -1.50. The highest BCUT2D eigenvalue weighted by atomic mass is 16.5. The Morgan fingerprint density at radius 2 is 2.11 bits per heavy atom. The zero-order valence-corrected chi connectivity index (χ0v) is 11.5. The fourth-order valence-corrected chi connectivity index (χ4v) is 1.94. The maximum atomic E-state index is 12.1. The fourth-order valence-electron chi connectivity index (χ4n) is 1.94. The number of hydrogen-bond donors (Lipinski definition) is 3. The Morgan fingerprint density at radius 3 is 2.58 bits per heavy atom. The summed E-state index contributed by atoms with van der Waals surface area (Å²) < 4.78 is 5.33. The number of carbonyl (C=O) groups excluding carboxylic acids is 1. The van der Waals surface area contributed by atoms with Gasteiger partial charge in [0.25, 0.3) is 0 Å². The molecule has 0 aromatic rings. The van der Waals surface area contributed by atoms with Crippen LogP contribution in [0.25, 0.3) is 0 Å². The number of carbonyl (C=O) groups is 2. The van der Waals surface area contributed by atoms with Gasteiger partial charge in [-0.15, -0.1) is 0 Å². The van der Waals surface area contributed by atoms with Crippen LogP contribution >= 0.6 is 0 Å². The smallest absolute Gasteiger partial charge is 0.326 e. The van der Waals surface area contributed by atoms with E-state index in [-0.39, 0.29) is 25.1 Å². The SMILES string of the molecule is CC(C)[C@@H](NC(=O)N1CC(CO)OCC1C)C(=O)O. The van der Waals surface area contributed by atoms with Crippen molar-refractivity contribution in [2.24, 2.45) is 5.92 Å². The number of aliphatic hydroxyl groups excluding tert-OH is 1. The Morgan fingerprint density at radius 1 is 1.47 bits per heavy atom. The molecule has 2 amide bonds. The summed E-state index contributed by atoms with van der Waals surface area (Å²) in [4.78, 5) is 24.7. The lowest BCUT2D eigenvalue weighted by molar-refractivity contribution is -0.140. The van der Waals surface area contributed by atoms with Gasteiger partial charge in [0.15, 0.2) is 0 Å². The molecule has 3 N–H and O–H groups in total. The van der Waals surface area contributed by atoms with Crippen molar-refractivity contribution in [1.29, 1.82) is 0 Å². The Bertz CT molecular complexity index is 334. The first-order valence-electron chi connectivity index (χ1n) is 6.39. The summed E-state index contributed by atoms with van der Waals surface area (Å²) in [6.45, 7) is 5.71. The first-order valence-corrected chi connectivity index (χ1v) is 6.39. The highest BCUT2D eigenvalue weighted by Crippen LogP contribution is 2.12. The lowest BCUT2D eigenvalue weighted by Gasteiger charge is -2.38. The summed E-state index contributed by atoms with van der Waals surface area (Å²) in [5.74, 6) is -1.26. The summed E-state index contributed by atoms with van der Waals surface area (Å²) >= 11 is 0. The molecule has 0 bridgehead atoms. The first-order chi connectivity index (χ1) is 8.86. The van der Waals surface area contributed by atoms with Gasteiger partial charge >= 0.3 is 12.0 Å². The maximum Gasteiger partial charge on any atom is 0.326 e. The molecule has 19 heavy (non-hydrogen) atoms. The number of aliphatic hydroxyl groups is 1. The molecule has 1 fully saturated rings. The molecule has 0 radical (unpaired) electrons. The van der Waals surface area contributed by atoms with E-state index in [2.05, 4.69) is 5.32 Å². The van der Waals surface area contributed by atoms with Gasteiger partial charge < -0.3 is 25.2 Å². The van der Waals surface area contributed by atoms with E-state index in [1.165, 1.54) is 4.90 Å². The van der Waals surface area contributed by atoms with Crippen LogP contribution in [0.5, 0.6) is 0 Å². The number of aliphatic carboxylic acids is 1. The minimum atomic E-state index is -1.05. The largest absolute Gasteiger partial charge is 0.480 e. The standard InChI is InChI=1S/C12H22N2O5/c1-7(2)10(11(16)17)13-12(18)14-4-9(5-15)19-6-8(14)3/h7-10,15H,4-6H2,1-3H3,(H,13,18)(H,16,17)/t8?,9?,10-/m1/s1. The molecule has 1 aliphatic heterocycles. The Kier molecular flexibility index (Phi) is 5.56. The van der Waals surface area contributed by atoms with E-state index >= 15 is 0 Å². The molecule has 0 spiro atoms. The van der Waals surface area contributed by atoms with Gasteiger partial charge in [-0.25, -0.2) is 9.59 Å². The van der Waals surface area contributed by atoms with Gasteiger partial charge in [0, 0.05) is 0 Å². The summed E-state index contributed by atoms with van der Waals surface area (Å²) in [7, 11) is 0. The van der Waals surface area contributed by atoms with E-state index in [0.29, 0.717) is 6.61 Å². The van der Waals surface area contributed by atoms with Gasteiger partial charge in [0.2, 0.25) is 0 Å². The number of carboxylic acids is 1.